The molecule has 0 aliphatic carbocycles. The van der Waals surface area contributed by atoms with Gasteiger partial charge in [-0.2, -0.15) is 0 Å². The Labute approximate surface area is 102 Å². The number of hydrogen-bond donors (Lipinski definition) is 3. The Hall–Kier alpha value is -1.52. The summed E-state index contributed by atoms with van der Waals surface area (Å²) in [5.41, 5.74) is 1.80. The second kappa shape index (κ2) is 6.93. The van der Waals surface area contributed by atoms with Crippen LogP contribution in [0.25, 0.3) is 0 Å². The van der Waals surface area contributed by atoms with Gasteiger partial charge in [-0.25, -0.2) is 0 Å². The number of benzene rings is 1. The van der Waals surface area contributed by atoms with Gasteiger partial charge in [0.25, 0.3) is 0 Å². The van der Waals surface area contributed by atoms with Gasteiger partial charge in [0.15, 0.2) is 0 Å². The number of nitrogens with one attached hydrogen (secondary N) is 1. The van der Waals surface area contributed by atoms with Crippen molar-refractivity contribution in [3.05, 3.63) is 36.4 Å². The van der Waals surface area contributed by atoms with Crippen LogP contribution < -0.4 is 10.1 Å². The summed E-state index contributed by atoms with van der Waals surface area (Å²) in [6.07, 6.45) is -0.755. The predicted molar refractivity (Wildman–Crippen MR) is 68.3 cm³/mol. The van der Waals surface area contributed by atoms with Crippen LogP contribution in [0.3, 0.4) is 0 Å². The minimum atomic E-state index is -0.755. The van der Waals surface area contributed by atoms with Crippen molar-refractivity contribution in [2.75, 3.05) is 25.1 Å². The molecule has 1 rings (SSSR count). The van der Waals surface area contributed by atoms with Crippen LogP contribution in [0.2, 0.25) is 0 Å². The largest absolute Gasteiger partial charge is 0.489 e. The van der Waals surface area contributed by atoms with Crippen LogP contribution >= 0.6 is 0 Å². The molecule has 0 saturated heterocycles. The summed E-state index contributed by atoms with van der Waals surface area (Å²) in [7, 11) is 0. The highest BCUT2D eigenvalue weighted by atomic mass is 16.5. The molecule has 0 aliphatic rings. The Balaban J connectivity index is 2.50. The van der Waals surface area contributed by atoms with Crippen molar-refractivity contribution in [1.82, 2.24) is 0 Å². The van der Waals surface area contributed by atoms with E-state index in [0.29, 0.717) is 13.2 Å². The van der Waals surface area contributed by atoms with E-state index in [1.165, 1.54) is 0 Å². The fraction of sp³-hybridized carbons (Fsp3) is 0.385. The maximum absolute atomic E-state index is 9.21. The van der Waals surface area contributed by atoms with Crippen LogP contribution in [0.15, 0.2) is 36.4 Å². The summed E-state index contributed by atoms with van der Waals surface area (Å²) in [5.74, 6) is 0.747. The quantitative estimate of drug-likeness (QED) is 0.627. The lowest BCUT2D eigenvalue weighted by atomic mass is 10.3. The molecule has 1 aromatic rings. The minimum absolute atomic E-state index is 0.251. The molecule has 3 N–H and O–H groups in total. The first-order chi connectivity index (χ1) is 8.11. The van der Waals surface area contributed by atoms with Crippen LogP contribution in [0.4, 0.5) is 5.69 Å². The molecule has 1 aromatic carbocycles. The van der Waals surface area contributed by atoms with Crippen molar-refractivity contribution < 1.29 is 14.9 Å². The Bertz CT molecular complexity index is 365. The molecule has 0 fully saturated rings. The Kier molecular flexibility index (Phi) is 5.52. The second-order valence-electron chi connectivity index (χ2n) is 3.99. The molecule has 0 bridgehead atoms. The van der Waals surface area contributed by atoms with Gasteiger partial charge in [-0.05, 0) is 24.6 Å². The molecular weight excluding hydrogens is 218 g/mol. The summed E-state index contributed by atoms with van der Waals surface area (Å²) in [6.45, 7) is 6.21. The number of hydrogen-bond acceptors (Lipinski definition) is 4. The average Bonchev–Trinajstić information content (AvgIpc) is 2.34. The minimum Gasteiger partial charge on any atom is -0.489 e. The maximum atomic E-state index is 9.21. The maximum Gasteiger partial charge on any atom is 0.121 e. The summed E-state index contributed by atoms with van der Waals surface area (Å²) >= 11 is 0. The van der Waals surface area contributed by atoms with E-state index in [9.17, 15) is 5.11 Å². The fourth-order valence-corrected chi connectivity index (χ4v) is 1.20. The monoisotopic (exact) mass is 237 g/mol. The van der Waals surface area contributed by atoms with E-state index in [-0.39, 0.29) is 6.61 Å². The molecule has 0 amide bonds. The van der Waals surface area contributed by atoms with Gasteiger partial charge in [0, 0.05) is 18.3 Å². The number of aliphatic hydroxyl groups is 2. The highest BCUT2D eigenvalue weighted by molar-refractivity contribution is 5.48. The summed E-state index contributed by atoms with van der Waals surface area (Å²) in [4.78, 5) is 0. The zero-order chi connectivity index (χ0) is 12.7. The predicted octanol–water partition coefficient (Wildman–Crippen LogP) is 1.41. The normalized spacial score (nSPS) is 11.9. The lowest BCUT2D eigenvalue weighted by molar-refractivity contribution is 0.105. The van der Waals surface area contributed by atoms with Crippen LogP contribution in [-0.4, -0.2) is 36.1 Å². The molecule has 17 heavy (non-hydrogen) atoms. The number of aliphatic hydroxyl groups excluding tert-OH is 2. The van der Waals surface area contributed by atoms with Gasteiger partial charge in [0.2, 0.25) is 0 Å². The zero-order valence-corrected chi connectivity index (χ0v) is 10.0. The smallest absolute Gasteiger partial charge is 0.121 e. The van der Waals surface area contributed by atoms with Crippen molar-refractivity contribution in [3.8, 4) is 5.75 Å². The zero-order valence-electron chi connectivity index (χ0n) is 10.0. The molecule has 0 saturated carbocycles. The molecular formula is C13H19NO3. The molecule has 0 heterocycles. The average molecular weight is 237 g/mol. The number of rotatable bonds is 7. The van der Waals surface area contributed by atoms with Crippen LogP contribution in [-0.2, 0) is 0 Å². The molecule has 0 spiro atoms. The van der Waals surface area contributed by atoms with E-state index < -0.39 is 6.10 Å². The third kappa shape index (κ3) is 5.38. The fourth-order valence-electron chi connectivity index (χ4n) is 1.20. The number of ether oxygens (including phenoxy) is 1. The highest BCUT2D eigenvalue weighted by Gasteiger charge is 2.02. The van der Waals surface area contributed by atoms with Crippen LogP contribution in [0.5, 0.6) is 5.75 Å². The summed E-state index contributed by atoms with van der Waals surface area (Å²) in [6, 6.07) is 7.43. The second-order valence-corrected chi connectivity index (χ2v) is 3.99. The summed E-state index contributed by atoms with van der Waals surface area (Å²) in [5, 5.41) is 20.9. The SMILES string of the molecule is C=C(C)COc1cccc(NCC(O)CO)c1. The molecule has 0 aliphatic heterocycles. The molecule has 0 aromatic heterocycles. The Morgan fingerprint density at radius 2 is 2.29 bits per heavy atom. The lowest BCUT2D eigenvalue weighted by Crippen LogP contribution is -2.22. The topological polar surface area (TPSA) is 61.7 Å². The van der Waals surface area contributed by atoms with E-state index in [2.05, 4.69) is 11.9 Å². The first-order valence-electron chi connectivity index (χ1n) is 5.52. The molecule has 1 atom stereocenters. The first kappa shape index (κ1) is 13.5. The molecule has 94 valence electrons. The molecule has 0 radical (unpaired) electrons. The van der Waals surface area contributed by atoms with Crippen molar-refractivity contribution in [2.45, 2.75) is 13.0 Å². The van der Waals surface area contributed by atoms with E-state index in [0.717, 1.165) is 17.0 Å². The van der Waals surface area contributed by atoms with Crippen molar-refractivity contribution >= 4 is 5.69 Å². The number of anilines is 1. The van der Waals surface area contributed by atoms with Gasteiger partial charge in [-0.15, -0.1) is 0 Å². The summed E-state index contributed by atoms with van der Waals surface area (Å²) < 4.78 is 5.49. The van der Waals surface area contributed by atoms with Gasteiger partial charge in [0.1, 0.15) is 12.4 Å². The first-order valence-corrected chi connectivity index (χ1v) is 5.52. The van der Waals surface area contributed by atoms with Gasteiger partial charge in [0.05, 0.1) is 12.7 Å². The Morgan fingerprint density at radius 1 is 1.53 bits per heavy atom. The van der Waals surface area contributed by atoms with Gasteiger partial charge in [-0.1, -0.05) is 12.6 Å². The van der Waals surface area contributed by atoms with E-state index in [1.54, 1.807) is 0 Å². The lowest BCUT2D eigenvalue weighted by Gasteiger charge is -2.12. The van der Waals surface area contributed by atoms with E-state index >= 15 is 0 Å². The highest BCUT2D eigenvalue weighted by Crippen LogP contribution is 2.17. The van der Waals surface area contributed by atoms with Crippen molar-refractivity contribution in [1.29, 1.82) is 0 Å². The van der Waals surface area contributed by atoms with Gasteiger partial charge in [-0.3, -0.25) is 0 Å². The van der Waals surface area contributed by atoms with Crippen molar-refractivity contribution in [2.24, 2.45) is 0 Å². The van der Waals surface area contributed by atoms with Crippen LogP contribution in [0.1, 0.15) is 6.92 Å². The third-order valence-electron chi connectivity index (χ3n) is 2.07. The standard InChI is InChI=1S/C13H19NO3/c1-10(2)9-17-13-5-3-4-11(6-13)14-7-12(16)8-15/h3-6,12,14-16H,1,7-9H2,2H3. The van der Waals surface area contributed by atoms with Gasteiger partial charge >= 0.3 is 0 Å². The van der Waals surface area contributed by atoms with Crippen molar-refractivity contribution in [3.63, 3.8) is 0 Å². The van der Waals surface area contributed by atoms with Crippen LogP contribution in [0, 0.1) is 0 Å². The third-order valence-corrected chi connectivity index (χ3v) is 2.07. The van der Waals surface area contributed by atoms with E-state index in [4.69, 9.17) is 9.84 Å². The van der Waals surface area contributed by atoms with Gasteiger partial charge < -0.3 is 20.3 Å². The Morgan fingerprint density at radius 3 is 2.94 bits per heavy atom. The molecule has 4 heteroatoms. The van der Waals surface area contributed by atoms with E-state index in [1.807, 2.05) is 31.2 Å². The molecule has 4 nitrogen and oxygen atoms in total. The molecule has 1 unspecified atom stereocenters.